The Labute approximate surface area is 128 Å². The summed E-state index contributed by atoms with van der Waals surface area (Å²) in [5.74, 6) is 0.0427. The van der Waals surface area contributed by atoms with Gasteiger partial charge in [-0.15, -0.1) is 0 Å². The van der Waals surface area contributed by atoms with E-state index in [0.29, 0.717) is 11.3 Å². The van der Waals surface area contributed by atoms with Gasteiger partial charge in [0, 0.05) is 18.4 Å². The van der Waals surface area contributed by atoms with Gasteiger partial charge in [0.2, 0.25) is 0 Å². The van der Waals surface area contributed by atoms with Crippen molar-refractivity contribution in [1.82, 2.24) is 0 Å². The number of carbonyl (C=O) groups is 2. The number of hydrogen-bond donors (Lipinski definition) is 0. The molecule has 0 aliphatic heterocycles. The minimum absolute atomic E-state index is 0.0566. The zero-order valence-electron chi connectivity index (χ0n) is 12.3. The second-order valence-electron chi connectivity index (χ2n) is 5.01. The first kappa shape index (κ1) is 15.9. The molecular formula is C18H17FO3. The Balaban J connectivity index is 2.14. The van der Waals surface area contributed by atoms with E-state index in [9.17, 15) is 14.0 Å². The van der Waals surface area contributed by atoms with Gasteiger partial charge in [0.05, 0.1) is 7.11 Å². The van der Waals surface area contributed by atoms with Gasteiger partial charge in [-0.25, -0.2) is 4.39 Å². The fourth-order valence-corrected chi connectivity index (χ4v) is 2.31. The largest absolute Gasteiger partial charge is 0.497 e. The predicted octanol–water partition coefficient (Wildman–Crippen LogP) is 3.78. The number of benzene rings is 2. The van der Waals surface area contributed by atoms with Gasteiger partial charge in [-0.1, -0.05) is 12.1 Å². The molecule has 114 valence electrons. The molecule has 0 aromatic heterocycles. The van der Waals surface area contributed by atoms with Crippen molar-refractivity contribution in [1.29, 1.82) is 0 Å². The first-order chi connectivity index (χ1) is 10.6. The Bertz CT molecular complexity index is 632. The van der Waals surface area contributed by atoms with Crippen LogP contribution in [-0.2, 0) is 4.79 Å². The molecule has 22 heavy (non-hydrogen) atoms. The molecule has 0 heterocycles. The molecule has 0 saturated heterocycles. The Morgan fingerprint density at radius 2 is 1.77 bits per heavy atom. The van der Waals surface area contributed by atoms with E-state index in [4.69, 9.17) is 4.74 Å². The third-order valence-corrected chi connectivity index (χ3v) is 3.57. The number of halogens is 1. The van der Waals surface area contributed by atoms with Crippen molar-refractivity contribution >= 4 is 12.1 Å². The summed E-state index contributed by atoms with van der Waals surface area (Å²) < 4.78 is 18.0. The predicted molar refractivity (Wildman–Crippen MR) is 81.8 cm³/mol. The normalized spacial score (nSPS) is 11.7. The van der Waals surface area contributed by atoms with Crippen molar-refractivity contribution in [2.24, 2.45) is 0 Å². The molecule has 0 fully saturated rings. The molecule has 0 N–H and O–H groups in total. The van der Waals surface area contributed by atoms with Crippen molar-refractivity contribution in [2.45, 2.75) is 18.8 Å². The molecule has 0 aliphatic rings. The number of aldehydes is 1. The van der Waals surface area contributed by atoms with Crippen LogP contribution in [-0.4, -0.2) is 19.2 Å². The van der Waals surface area contributed by atoms with Crippen LogP contribution >= 0.6 is 0 Å². The molecule has 0 saturated carbocycles. The summed E-state index contributed by atoms with van der Waals surface area (Å²) in [6.45, 7) is 0. The van der Waals surface area contributed by atoms with E-state index in [1.807, 2.05) is 0 Å². The van der Waals surface area contributed by atoms with E-state index in [1.54, 1.807) is 43.5 Å². The molecule has 0 unspecified atom stereocenters. The maximum atomic E-state index is 13.0. The average molecular weight is 300 g/mol. The maximum Gasteiger partial charge on any atom is 0.163 e. The first-order valence-electron chi connectivity index (χ1n) is 7.00. The molecule has 0 aliphatic carbocycles. The van der Waals surface area contributed by atoms with Crippen LogP contribution in [0.4, 0.5) is 4.39 Å². The highest BCUT2D eigenvalue weighted by Crippen LogP contribution is 2.25. The summed E-state index contributed by atoms with van der Waals surface area (Å²) in [6, 6.07) is 12.7. The smallest absolute Gasteiger partial charge is 0.163 e. The third-order valence-electron chi connectivity index (χ3n) is 3.57. The Hall–Kier alpha value is -2.49. The first-order valence-corrected chi connectivity index (χ1v) is 7.00. The molecule has 4 heteroatoms. The summed E-state index contributed by atoms with van der Waals surface area (Å²) in [4.78, 5) is 23.2. The zero-order valence-corrected chi connectivity index (χ0v) is 12.3. The number of Topliss-reactive ketones (excluding diaryl/α,β-unsaturated/α-hetero) is 1. The lowest BCUT2D eigenvalue weighted by Crippen LogP contribution is -2.08. The van der Waals surface area contributed by atoms with E-state index in [0.717, 1.165) is 11.8 Å². The van der Waals surface area contributed by atoms with Crippen LogP contribution in [0.3, 0.4) is 0 Å². The van der Waals surface area contributed by atoms with Gasteiger partial charge < -0.3 is 9.53 Å². The van der Waals surface area contributed by atoms with Crippen LogP contribution in [0.2, 0.25) is 0 Å². The Morgan fingerprint density at radius 3 is 2.32 bits per heavy atom. The van der Waals surface area contributed by atoms with E-state index in [2.05, 4.69) is 0 Å². The second kappa shape index (κ2) is 7.50. The highest BCUT2D eigenvalue weighted by atomic mass is 19.1. The molecule has 3 nitrogen and oxygen atoms in total. The monoisotopic (exact) mass is 300 g/mol. The van der Waals surface area contributed by atoms with Crippen LogP contribution in [0.15, 0.2) is 48.5 Å². The summed E-state index contributed by atoms with van der Waals surface area (Å²) in [6.07, 6.45) is 1.22. The topological polar surface area (TPSA) is 43.4 Å². The number of carbonyl (C=O) groups excluding carboxylic acids is 2. The molecule has 1 atom stereocenters. The molecule has 0 radical (unpaired) electrons. The Morgan fingerprint density at radius 1 is 1.14 bits per heavy atom. The zero-order chi connectivity index (χ0) is 15.9. The number of ether oxygens (including phenoxy) is 1. The second-order valence-corrected chi connectivity index (χ2v) is 5.01. The fraction of sp³-hybridized carbons (Fsp3) is 0.222. The van der Waals surface area contributed by atoms with Gasteiger partial charge >= 0.3 is 0 Å². The van der Waals surface area contributed by atoms with Crippen molar-refractivity contribution in [2.75, 3.05) is 7.11 Å². The van der Waals surface area contributed by atoms with Gasteiger partial charge in [-0.3, -0.25) is 4.79 Å². The lowest BCUT2D eigenvalue weighted by Gasteiger charge is -2.14. The molecule has 2 rings (SSSR count). The third kappa shape index (κ3) is 4.01. The van der Waals surface area contributed by atoms with Crippen molar-refractivity contribution in [3.63, 3.8) is 0 Å². The highest BCUT2D eigenvalue weighted by Gasteiger charge is 2.17. The minimum Gasteiger partial charge on any atom is -0.497 e. The number of hydrogen-bond acceptors (Lipinski definition) is 3. The van der Waals surface area contributed by atoms with E-state index < -0.39 is 0 Å². The van der Waals surface area contributed by atoms with Gasteiger partial charge in [0.1, 0.15) is 17.9 Å². The Kier molecular flexibility index (Phi) is 5.42. The number of rotatable bonds is 7. The fourth-order valence-electron chi connectivity index (χ4n) is 2.31. The van der Waals surface area contributed by atoms with Gasteiger partial charge in [-0.2, -0.15) is 0 Å². The van der Waals surface area contributed by atoms with Gasteiger partial charge in [-0.05, 0) is 47.9 Å². The number of ketones is 1. The summed E-state index contributed by atoms with van der Waals surface area (Å²) in [7, 11) is 1.56. The van der Waals surface area contributed by atoms with Crippen LogP contribution in [0.5, 0.6) is 5.75 Å². The van der Waals surface area contributed by atoms with Gasteiger partial charge in [0.25, 0.3) is 0 Å². The standard InChI is InChI=1S/C18H17FO3/c1-22-17-8-4-14(5-9-17)18(21)12-15(10-11-20)13-2-6-16(19)7-3-13/h2-9,11,15H,10,12H2,1H3/t15-/m1/s1. The average Bonchev–Trinajstić information content (AvgIpc) is 2.55. The summed E-state index contributed by atoms with van der Waals surface area (Å²) in [5.41, 5.74) is 1.36. The summed E-state index contributed by atoms with van der Waals surface area (Å²) in [5, 5.41) is 0. The summed E-state index contributed by atoms with van der Waals surface area (Å²) >= 11 is 0. The molecule has 2 aromatic carbocycles. The van der Waals surface area contributed by atoms with E-state index >= 15 is 0 Å². The quantitative estimate of drug-likeness (QED) is 0.577. The lowest BCUT2D eigenvalue weighted by molar-refractivity contribution is -0.108. The van der Waals surface area contributed by atoms with Crippen LogP contribution in [0, 0.1) is 5.82 Å². The van der Waals surface area contributed by atoms with Crippen LogP contribution in [0.1, 0.15) is 34.7 Å². The molecule has 0 amide bonds. The van der Waals surface area contributed by atoms with Gasteiger partial charge in [0.15, 0.2) is 5.78 Å². The number of methoxy groups -OCH3 is 1. The lowest BCUT2D eigenvalue weighted by atomic mass is 9.89. The van der Waals surface area contributed by atoms with E-state index in [-0.39, 0.29) is 30.4 Å². The molecule has 0 bridgehead atoms. The molecular weight excluding hydrogens is 283 g/mol. The van der Waals surface area contributed by atoms with E-state index in [1.165, 1.54) is 12.1 Å². The maximum absolute atomic E-state index is 13.0. The minimum atomic E-state index is -0.338. The van der Waals surface area contributed by atoms with Crippen molar-refractivity contribution < 1.29 is 18.7 Å². The highest BCUT2D eigenvalue weighted by molar-refractivity contribution is 5.96. The molecule has 2 aromatic rings. The SMILES string of the molecule is COc1ccc(C(=O)C[C@@H](CC=O)c2ccc(F)cc2)cc1. The van der Waals surface area contributed by atoms with Crippen LogP contribution < -0.4 is 4.74 Å². The van der Waals surface area contributed by atoms with Crippen molar-refractivity contribution in [3.05, 3.63) is 65.5 Å². The van der Waals surface area contributed by atoms with Crippen LogP contribution in [0.25, 0.3) is 0 Å². The van der Waals surface area contributed by atoms with Crippen molar-refractivity contribution in [3.8, 4) is 5.75 Å². The molecule has 0 spiro atoms.